The largest absolute Gasteiger partial charge is 0.466 e. The highest BCUT2D eigenvalue weighted by molar-refractivity contribution is 8.00. The van der Waals surface area contributed by atoms with Crippen molar-refractivity contribution in [1.29, 1.82) is 0 Å². The van der Waals surface area contributed by atoms with Crippen molar-refractivity contribution >= 4 is 23.7 Å². The van der Waals surface area contributed by atoms with E-state index in [1.54, 1.807) is 25.6 Å². The van der Waals surface area contributed by atoms with E-state index in [4.69, 9.17) is 9.47 Å². The number of rotatable bonds is 4. The second kappa shape index (κ2) is 4.65. The van der Waals surface area contributed by atoms with Crippen LogP contribution in [-0.2, 0) is 19.1 Å². The molecule has 0 aromatic heterocycles. The molecule has 90 valence electrons. The lowest BCUT2D eigenvalue weighted by molar-refractivity contribution is -0.149. The van der Waals surface area contributed by atoms with E-state index >= 15 is 0 Å². The number of hydrogen-bond acceptors (Lipinski definition) is 5. The van der Waals surface area contributed by atoms with E-state index in [1.807, 2.05) is 0 Å². The molecule has 1 saturated heterocycles. The molecule has 4 unspecified atom stereocenters. The van der Waals surface area contributed by atoms with E-state index in [-0.39, 0.29) is 34.9 Å². The molecule has 5 heteroatoms. The maximum absolute atomic E-state index is 11.6. The second-order valence-corrected chi connectivity index (χ2v) is 5.22. The van der Waals surface area contributed by atoms with E-state index < -0.39 is 0 Å². The Morgan fingerprint density at radius 1 is 1.19 bits per heavy atom. The Labute approximate surface area is 99.1 Å². The van der Waals surface area contributed by atoms with Crippen LogP contribution in [0.5, 0.6) is 0 Å². The molecular formula is C11H16O4S. The van der Waals surface area contributed by atoms with Gasteiger partial charge in [-0.05, 0) is 19.8 Å². The van der Waals surface area contributed by atoms with Gasteiger partial charge in [-0.15, -0.1) is 0 Å². The minimum atomic E-state index is -0.158. The van der Waals surface area contributed by atoms with Gasteiger partial charge in [0.15, 0.2) is 0 Å². The molecule has 0 aromatic rings. The normalized spacial score (nSPS) is 35.4. The molecule has 2 fully saturated rings. The Balaban J connectivity index is 1.92. The zero-order valence-electron chi connectivity index (χ0n) is 9.47. The number of carbonyl (C=O) groups is 2. The predicted molar refractivity (Wildman–Crippen MR) is 60.0 cm³/mol. The van der Waals surface area contributed by atoms with Gasteiger partial charge in [-0.25, -0.2) is 0 Å². The Morgan fingerprint density at radius 3 is 2.44 bits per heavy atom. The number of hydrogen-bond donors (Lipinski definition) is 0. The van der Waals surface area contributed by atoms with E-state index in [9.17, 15) is 9.59 Å². The van der Waals surface area contributed by atoms with Crippen molar-refractivity contribution in [3.63, 3.8) is 0 Å². The van der Waals surface area contributed by atoms with Crippen LogP contribution in [-0.4, -0.2) is 36.2 Å². The van der Waals surface area contributed by atoms with Gasteiger partial charge >= 0.3 is 11.9 Å². The molecule has 1 aliphatic carbocycles. The van der Waals surface area contributed by atoms with Crippen molar-refractivity contribution in [2.24, 2.45) is 17.8 Å². The van der Waals surface area contributed by atoms with Crippen LogP contribution in [0, 0.1) is 17.8 Å². The second-order valence-electron chi connectivity index (χ2n) is 4.01. The van der Waals surface area contributed by atoms with Crippen LogP contribution < -0.4 is 0 Å². The summed E-state index contributed by atoms with van der Waals surface area (Å²) >= 11 is 1.69. The Kier molecular flexibility index (Phi) is 3.42. The summed E-state index contributed by atoms with van der Waals surface area (Å²) in [6.45, 7) is 4.41. The van der Waals surface area contributed by atoms with Gasteiger partial charge in [-0.1, -0.05) is 0 Å². The number of ether oxygens (including phenoxy) is 2. The number of esters is 2. The molecule has 0 aromatic carbocycles. The highest BCUT2D eigenvalue weighted by Gasteiger charge is 2.65. The average Bonchev–Trinajstić information content (AvgIpc) is 2.80. The fourth-order valence-electron chi connectivity index (χ4n) is 2.33. The number of carbonyl (C=O) groups excluding carboxylic acids is 2. The summed E-state index contributed by atoms with van der Waals surface area (Å²) in [6.07, 6.45) is 0. The van der Waals surface area contributed by atoms with E-state index in [1.165, 1.54) is 0 Å². The van der Waals surface area contributed by atoms with Gasteiger partial charge in [-0.2, -0.15) is 11.8 Å². The fraction of sp³-hybridized carbons (Fsp3) is 0.818. The van der Waals surface area contributed by atoms with Crippen molar-refractivity contribution in [3.8, 4) is 0 Å². The number of fused-ring (bicyclic) bond motifs is 1. The summed E-state index contributed by atoms with van der Waals surface area (Å²) in [7, 11) is 0. The van der Waals surface area contributed by atoms with Gasteiger partial charge in [0.1, 0.15) is 0 Å². The lowest BCUT2D eigenvalue weighted by Crippen LogP contribution is -2.23. The molecule has 16 heavy (non-hydrogen) atoms. The SMILES string of the molecule is CCOC(=O)C1CSC2C(C(=O)OCC)C12. The Bertz CT molecular complexity index is 304. The first-order valence-corrected chi connectivity index (χ1v) is 6.70. The molecule has 0 amide bonds. The summed E-state index contributed by atoms with van der Waals surface area (Å²) in [5, 5.41) is 0.286. The molecule has 2 aliphatic rings. The zero-order valence-corrected chi connectivity index (χ0v) is 10.3. The fourth-order valence-corrected chi connectivity index (χ4v) is 4.11. The van der Waals surface area contributed by atoms with Gasteiger partial charge in [0.05, 0.1) is 25.0 Å². The summed E-state index contributed by atoms with van der Waals surface area (Å²) in [5.74, 6) is 0.443. The molecule has 0 spiro atoms. The average molecular weight is 244 g/mol. The van der Waals surface area contributed by atoms with Gasteiger partial charge < -0.3 is 9.47 Å². The highest BCUT2D eigenvalue weighted by Crippen LogP contribution is 2.59. The van der Waals surface area contributed by atoms with Crippen LogP contribution in [0.15, 0.2) is 0 Å². The minimum Gasteiger partial charge on any atom is -0.466 e. The van der Waals surface area contributed by atoms with Crippen molar-refractivity contribution in [2.75, 3.05) is 19.0 Å². The maximum atomic E-state index is 11.6. The van der Waals surface area contributed by atoms with Crippen LogP contribution in [0.25, 0.3) is 0 Å². The molecule has 4 atom stereocenters. The maximum Gasteiger partial charge on any atom is 0.310 e. The van der Waals surface area contributed by atoms with Crippen LogP contribution in [0.3, 0.4) is 0 Å². The molecule has 0 N–H and O–H groups in total. The van der Waals surface area contributed by atoms with Crippen LogP contribution >= 0.6 is 11.8 Å². The third-order valence-corrected chi connectivity index (χ3v) is 4.63. The smallest absolute Gasteiger partial charge is 0.310 e. The van der Waals surface area contributed by atoms with Gasteiger partial charge in [-0.3, -0.25) is 9.59 Å². The summed E-state index contributed by atoms with van der Waals surface area (Å²) in [6, 6.07) is 0. The third-order valence-electron chi connectivity index (χ3n) is 3.09. The third kappa shape index (κ3) is 1.93. The minimum absolute atomic E-state index is 0.0758. The molecule has 0 radical (unpaired) electrons. The lowest BCUT2D eigenvalue weighted by Gasteiger charge is -2.11. The van der Waals surface area contributed by atoms with E-state index in [0.29, 0.717) is 13.2 Å². The van der Waals surface area contributed by atoms with Gasteiger partial charge in [0.2, 0.25) is 0 Å². The van der Waals surface area contributed by atoms with E-state index in [2.05, 4.69) is 0 Å². The van der Waals surface area contributed by atoms with Crippen LogP contribution in [0.4, 0.5) is 0 Å². The highest BCUT2D eigenvalue weighted by atomic mass is 32.2. The van der Waals surface area contributed by atoms with E-state index in [0.717, 1.165) is 5.75 Å². The molecule has 1 aliphatic heterocycles. The van der Waals surface area contributed by atoms with Crippen LogP contribution in [0.1, 0.15) is 13.8 Å². The van der Waals surface area contributed by atoms with Crippen molar-refractivity contribution < 1.29 is 19.1 Å². The topological polar surface area (TPSA) is 52.6 Å². The molecule has 1 heterocycles. The quantitative estimate of drug-likeness (QED) is 0.693. The molecular weight excluding hydrogens is 228 g/mol. The molecule has 1 saturated carbocycles. The van der Waals surface area contributed by atoms with Crippen molar-refractivity contribution in [2.45, 2.75) is 19.1 Å². The Morgan fingerprint density at radius 2 is 1.81 bits per heavy atom. The van der Waals surface area contributed by atoms with Crippen molar-refractivity contribution in [3.05, 3.63) is 0 Å². The molecule has 2 rings (SSSR count). The zero-order chi connectivity index (χ0) is 11.7. The Hall–Kier alpha value is -0.710. The summed E-state index contributed by atoms with van der Waals surface area (Å²) in [4.78, 5) is 23.2. The number of thioether (sulfide) groups is 1. The molecule has 0 bridgehead atoms. The first-order valence-electron chi connectivity index (χ1n) is 5.65. The summed E-state index contributed by atoms with van der Waals surface area (Å²) in [5.41, 5.74) is 0. The first kappa shape index (κ1) is 11.8. The van der Waals surface area contributed by atoms with Gasteiger partial charge in [0, 0.05) is 11.0 Å². The lowest BCUT2D eigenvalue weighted by atomic mass is 10.1. The molecule has 4 nitrogen and oxygen atoms in total. The van der Waals surface area contributed by atoms with Crippen molar-refractivity contribution in [1.82, 2.24) is 0 Å². The first-order chi connectivity index (χ1) is 7.70. The standard InChI is InChI=1S/C11H16O4S/c1-3-14-10(12)6-5-16-9-7(6)8(9)11(13)15-4-2/h6-9H,3-5H2,1-2H3. The van der Waals surface area contributed by atoms with Crippen LogP contribution in [0.2, 0.25) is 0 Å². The van der Waals surface area contributed by atoms with Gasteiger partial charge in [0.25, 0.3) is 0 Å². The monoisotopic (exact) mass is 244 g/mol. The summed E-state index contributed by atoms with van der Waals surface area (Å²) < 4.78 is 9.99. The predicted octanol–water partition coefficient (Wildman–Crippen LogP) is 1.09.